The predicted molar refractivity (Wildman–Crippen MR) is 86.4 cm³/mol. The van der Waals surface area contributed by atoms with Crippen LogP contribution in [0.15, 0.2) is 18.6 Å². The van der Waals surface area contributed by atoms with Gasteiger partial charge in [0.2, 0.25) is 0 Å². The molecule has 2 unspecified atom stereocenters. The van der Waals surface area contributed by atoms with Crippen molar-refractivity contribution < 1.29 is 0 Å². The van der Waals surface area contributed by atoms with Gasteiger partial charge in [-0.15, -0.1) is 0 Å². The lowest BCUT2D eigenvalue weighted by atomic mass is 9.88. The summed E-state index contributed by atoms with van der Waals surface area (Å²) in [6, 6.07) is 2.47. The summed E-state index contributed by atoms with van der Waals surface area (Å²) in [6.07, 6.45) is 10.8. The van der Waals surface area contributed by atoms with Crippen molar-refractivity contribution in [2.45, 2.75) is 65.3 Å². The highest BCUT2D eigenvalue weighted by Crippen LogP contribution is 2.23. The smallest absolute Gasteiger partial charge is 0.254 e. The maximum absolute atomic E-state index is 4.26. The van der Waals surface area contributed by atoms with E-state index in [1.807, 2.05) is 6.07 Å². The second-order valence-electron chi connectivity index (χ2n) is 5.65. The second-order valence-corrected chi connectivity index (χ2v) is 5.65. The van der Waals surface area contributed by atoms with Crippen LogP contribution in [0.2, 0.25) is 0 Å². The summed E-state index contributed by atoms with van der Waals surface area (Å²) in [6.45, 7) is 6.80. The van der Waals surface area contributed by atoms with Gasteiger partial charge in [0.15, 0.2) is 0 Å². The molecule has 2 aromatic heterocycles. The fourth-order valence-electron chi connectivity index (χ4n) is 2.93. The third-order valence-corrected chi connectivity index (χ3v) is 4.14. The summed E-state index contributed by atoms with van der Waals surface area (Å²) in [5, 5.41) is 7.95. The lowest BCUT2D eigenvalue weighted by Crippen LogP contribution is -2.30. The van der Waals surface area contributed by atoms with Crippen LogP contribution >= 0.6 is 0 Å². The summed E-state index contributed by atoms with van der Waals surface area (Å²) in [7, 11) is 0. The minimum absolute atomic E-state index is 0.487. The Kier molecular flexibility index (Phi) is 5.96. The minimum Gasteiger partial charge on any atom is -0.367 e. The minimum atomic E-state index is 0.487. The van der Waals surface area contributed by atoms with E-state index in [0.717, 1.165) is 5.82 Å². The topological polar surface area (TPSA) is 55.1 Å². The van der Waals surface area contributed by atoms with Gasteiger partial charge in [0, 0.05) is 12.2 Å². The van der Waals surface area contributed by atoms with Gasteiger partial charge in [0.1, 0.15) is 12.1 Å². The van der Waals surface area contributed by atoms with Gasteiger partial charge in [-0.3, -0.25) is 0 Å². The number of fused-ring (bicyclic) bond motifs is 1. The van der Waals surface area contributed by atoms with Crippen molar-refractivity contribution in [3.63, 3.8) is 0 Å². The fraction of sp³-hybridized carbons (Fsp3) is 0.688. The molecule has 2 heterocycles. The van der Waals surface area contributed by atoms with E-state index in [2.05, 4.69) is 41.2 Å². The van der Waals surface area contributed by atoms with Crippen LogP contribution in [0.5, 0.6) is 0 Å². The molecule has 2 rings (SSSR count). The summed E-state index contributed by atoms with van der Waals surface area (Å²) < 4.78 is 1.79. The van der Waals surface area contributed by atoms with Gasteiger partial charge >= 0.3 is 0 Å². The molecule has 0 aliphatic carbocycles. The largest absolute Gasteiger partial charge is 0.367 e. The molecule has 5 heteroatoms. The van der Waals surface area contributed by atoms with Crippen molar-refractivity contribution in [3.05, 3.63) is 18.6 Å². The Bertz CT molecular complexity index is 536. The van der Waals surface area contributed by atoms with Crippen LogP contribution in [0.3, 0.4) is 0 Å². The lowest BCUT2D eigenvalue weighted by Gasteiger charge is -2.28. The van der Waals surface area contributed by atoms with E-state index in [4.69, 9.17) is 0 Å². The Morgan fingerprint density at radius 3 is 2.71 bits per heavy atom. The van der Waals surface area contributed by atoms with Gasteiger partial charge in [-0.25, -0.2) is 4.98 Å². The Morgan fingerprint density at radius 1 is 1.14 bits per heavy atom. The molecule has 1 N–H and O–H groups in total. The molecule has 0 saturated heterocycles. The molecule has 0 aromatic carbocycles. The number of aromatic nitrogens is 4. The first kappa shape index (κ1) is 15.7. The highest BCUT2D eigenvalue weighted by molar-refractivity contribution is 5.43. The fourth-order valence-corrected chi connectivity index (χ4v) is 2.93. The number of nitrogens with one attached hydrogen (secondary N) is 1. The summed E-state index contributed by atoms with van der Waals surface area (Å²) in [5.41, 5.74) is 0. The third kappa shape index (κ3) is 3.93. The molecule has 21 heavy (non-hydrogen) atoms. The zero-order valence-corrected chi connectivity index (χ0v) is 13.4. The van der Waals surface area contributed by atoms with E-state index < -0.39 is 0 Å². The molecule has 0 amide bonds. The van der Waals surface area contributed by atoms with Crippen LogP contribution in [0.1, 0.15) is 59.3 Å². The molecule has 0 aliphatic heterocycles. The predicted octanol–water partition coefficient (Wildman–Crippen LogP) is 3.92. The van der Waals surface area contributed by atoms with E-state index in [0.29, 0.717) is 17.7 Å². The van der Waals surface area contributed by atoms with Gasteiger partial charge in [0.25, 0.3) is 5.78 Å². The van der Waals surface area contributed by atoms with Crippen molar-refractivity contribution in [2.75, 3.05) is 5.32 Å². The summed E-state index contributed by atoms with van der Waals surface area (Å²) in [4.78, 5) is 8.37. The summed E-state index contributed by atoms with van der Waals surface area (Å²) in [5.74, 6) is 2.35. The summed E-state index contributed by atoms with van der Waals surface area (Å²) >= 11 is 0. The number of hydrogen-bond acceptors (Lipinski definition) is 4. The van der Waals surface area contributed by atoms with Crippen molar-refractivity contribution in [3.8, 4) is 0 Å². The van der Waals surface area contributed by atoms with Crippen molar-refractivity contribution in [1.29, 1.82) is 0 Å². The van der Waals surface area contributed by atoms with Crippen molar-refractivity contribution in [1.82, 2.24) is 19.6 Å². The Labute approximate surface area is 127 Å². The highest BCUT2D eigenvalue weighted by Gasteiger charge is 2.20. The van der Waals surface area contributed by atoms with Crippen LogP contribution < -0.4 is 5.32 Å². The molecular weight excluding hydrogens is 262 g/mol. The van der Waals surface area contributed by atoms with Gasteiger partial charge < -0.3 is 5.32 Å². The van der Waals surface area contributed by atoms with Crippen molar-refractivity contribution in [2.24, 2.45) is 5.92 Å². The van der Waals surface area contributed by atoms with E-state index in [1.165, 1.54) is 38.5 Å². The molecule has 0 fully saturated rings. The number of nitrogens with zero attached hydrogens (tertiary/aromatic N) is 4. The maximum atomic E-state index is 4.26. The first-order valence-corrected chi connectivity index (χ1v) is 8.21. The van der Waals surface area contributed by atoms with E-state index in [9.17, 15) is 0 Å². The molecule has 0 spiro atoms. The second kappa shape index (κ2) is 7.96. The maximum Gasteiger partial charge on any atom is 0.254 e. The molecule has 0 aliphatic rings. The molecule has 2 atom stereocenters. The molecule has 0 bridgehead atoms. The van der Waals surface area contributed by atoms with Crippen LogP contribution in [-0.2, 0) is 0 Å². The molecule has 0 saturated carbocycles. The van der Waals surface area contributed by atoms with Crippen LogP contribution in [-0.4, -0.2) is 25.6 Å². The molecule has 5 nitrogen and oxygen atoms in total. The number of rotatable bonds is 9. The first-order valence-electron chi connectivity index (χ1n) is 8.21. The average Bonchev–Trinajstić information content (AvgIpc) is 2.97. The first-order chi connectivity index (χ1) is 10.3. The van der Waals surface area contributed by atoms with Crippen LogP contribution in [0.25, 0.3) is 5.78 Å². The molecule has 0 radical (unpaired) electrons. The van der Waals surface area contributed by atoms with Gasteiger partial charge in [0.05, 0.1) is 0 Å². The standard InChI is InChI=1S/C16H27N5/c1-4-7-9-13(6-3)14(8-5-2)20-15-10-11-17-16-18-12-19-21(15)16/h10-14,20H,4-9H2,1-3H3. The highest BCUT2D eigenvalue weighted by atomic mass is 15.4. The Balaban J connectivity index is 2.16. The van der Waals surface area contributed by atoms with E-state index in [1.54, 1.807) is 17.0 Å². The zero-order valence-electron chi connectivity index (χ0n) is 13.4. The number of unbranched alkanes of at least 4 members (excludes halogenated alkanes) is 1. The SMILES string of the molecule is CCCCC(CC)C(CCC)Nc1ccnc2ncnn12. The quantitative estimate of drug-likeness (QED) is 0.760. The van der Waals surface area contributed by atoms with E-state index in [-0.39, 0.29) is 0 Å². The Hall–Kier alpha value is -1.65. The number of hydrogen-bond donors (Lipinski definition) is 1. The van der Waals surface area contributed by atoms with Crippen LogP contribution in [0.4, 0.5) is 5.82 Å². The monoisotopic (exact) mass is 289 g/mol. The molecule has 2 aromatic rings. The lowest BCUT2D eigenvalue weighted by molar-refractivity contribution is 0.371. The van der Waals surface area contributed by atoms with E-state index >= 15 is 0 Å². The van der Waals surface area contributed by atoms with Crippen molar-refractivity contribution >= 4 is 11.6 Å². The van der Waals surface area contributed by atoms with Crippen LogP contribution in [0, 0.1) is 5.92 Å². The van der Waals surface area contributed by atoms with Gasteiger partial charge in [-0.2, -0.15) is 14.6 Å². The Morgan fingerprint density at radius 2 is 2.00 bits per heavy atom. The third-order valence-electron chi connectivity index (χ3n) is 4.14. The zero-order chi connectivity index (χ0) is 15.1. The van der Waals surface area contributed by atoms with Gasteiger partial charge in [-0.1, -0.05) is 46.5 Å². The average molecular weight is 289 g/mol. The number of anilines is 1. The van der Waals surface area contributed by atoms with Gasteiger partial charge in [-0.05, 0) is 24.8 Å². The normalized spacial score (nSPS) is 14.2. The molecular formula is C16H27N5. The molecule has 116 valence electrons.